The van der Waals surface area contributed by atoms with Crippen LogP contribution < -0.4 is 10.6 Å². The molecular weight excluding hydrogens is 228 g/mol. The molecule has 5 nitrogen and oxygen atoms in total. The van der Waals surface area contributed by atoms with Crippen molar-refractivity contribution in [2.24, 2.45) is 5.73 Å². The van der Waals surface area contributed by atoms with Gasteiger partial charge in [-0.25, -0.2) is 9.97 Å². The third-order valence-electron chi connectivity index (χ3n) is 2.90. The Kier molecular flexibility index (Phi) is 6.60. The Bertz CT molecular complexity index is 328. The number of hydrogen-bond donors (Lipinski definition) is 1. The first-order chi connectivity index (χ1) is 8.67. The number of ether oxygens (including phenoxy) is 1. The Morgan fingerprint density at radius 1 is 1.39 bits per heavy atom. The standard InChI is InChI=1S/C13H24N4O/c1-4-12(14)8-11-9-15-13(16-10-11)17(2)6-5-7-18-3/h9-10,12H,4-8,14H2,1-3H3. The molecule has 1 aromatic rings. The molecule has 0 spiro atoms. The SMILES string of the molecule is CCC(N)Cc1cnc(N(C)CCCOC)nc1. The lowest BCUT2D eigenvalue weighted by Crippen LogP contribution is -2.23. The molecule has 1 aromatic heterocycles. The number of nitrogens with zero attached hydrogens (tertiary/aromatic N) is 3. The molecule has 0 radical (unpaired) electrons. The first-order valence-electron chi connectivity index (χ1n) is 6.44. The summed E-state index contributed by atoms with van der Waals surface area (Å²) in [4.78, 5) is 10.8. The largest absolute Gasteiger partial charge is 0.385 e. The molecule has 0 saturated heterocycles. The van der Waals surface area contributed by atoms with Gasteiger partial charge in [-0.1, -0.05) is 6.92 Å². The predicted molar refractivity (Wildman–Crippen MR) is 73.8 cm³/mol. The van der Waals surface area contributed by atoms with Gasteiger partial charge in [-0.15, -0.1) is 0 Å². The van der Waals surface area contributed by atoms with Gasteiger partial charge in [0.15, 0.2) is 0 Å². The molecule has 0 aliphatic heterocycles. The second kappa shape index (κ2) is 8.00. The van der Waals surface area contributed by atoms with Crippen molar-refractivity contribution in [3.8, 4) is 0 Å². The molecule has 2 N–H and O–H groups in total. The van der Waals surface area contributed by atoms with E-state index in [2.05, 4.69) is 16.9 Å². The molecule has 0 bridgehead atoms. The summed E-state index contributed by atoms with van der Waals surface area (Å²) in [6, 6.07) is 0.193. The molecule has 5 heteroatoms. The molecule has 0 aliphatic rings. The van der Waals surface area contributed by atoms with E-state index in [0.717, 1.165) is 43.9 Å². The van der Waals surface area contributed by atoms with Crippen LogP contribution in [0.15, 0.2) is 12.4 Å². The van der Waals surface area contributed by atoms with Crippen LogP contribution in [0.3, 0.4) is 0 Å². The van der Waals surface area contributed by atoms with Gasteiger partial charge in [-0.3, -0.25) is 0 Å². The number of aromatic nitrogens is 2. The number of anilines is 1. The third kappa shape index (κ3) is 4.98. The molecule has 0 amide bonds. The maximum atomic E-state index is 5.90. The minimum absolute atomic E-state index is 0.193. The van der Waals surface area contributed by atoms with Gasteiger partial charge in [0.25, 0.3) is 0 Å². The van der Waals surface area contributed by atoms with E-state index in [0.29, 0.717) is 0 Å². The van der Waals surface area contributed by atoms with Gasteiger partial charge in [0.1, 0.15) is 0 Å². The summed E-state index contributed by atoms with van der Waals surface area (Å²) in [5.74, 6) is 0.750. The zero-order valence-corrected chi connectivity index (χ0v) is 11.6. The van der Waals surface area contributed by atoms with E-state index in [-0.39, 0.29) is 6.04 Å². The molecule has 0 saturated carbocycles. The maximum Gasteiger partial charge on any atom is 0.224 e. The second-order valence-corrected chi connectivity index (χ2v) is 4.53. The highest BCUT2D eigenvalue weighted by Gasteiger charge is 2.06. The summed E-state index contributed by atoms with van der Waals surface area (Å²) in [6.45, 7) is 3.74. The normalized spacial score (nSPS) is 12.4. The van der Waals surface area contributed by atoms with Crippen LogP contribution in [-0.2, 0) is 11.2 Å². The van der Waals surface area contributed by atoms with Crippen LogP contribution in [0.1, 0.15) is 25.3 Å². The van der Waals surface area contributed by atoms with Crippen LogP contribution >= 0.6 is 0 Å². The Labute approximate surface area is 109 Å². The highest BCUT2D eigenvalue weighted by atomic mass is 16.5. The lowest BCUT2D eigenvalue weighted by molar-refractivity contribution is 0.196. The quantitative estimate of drug-likeness (QED) is 0.705. The molecule has 102 valence electrons. The Hall–Kier alpha value is -1.20. The molecule has 1 heterocycles. The summed E-state index contributed by atoms with van der Waals surface area (Å²) in [7, 11) is 3.70. The molecule has 1 atom stereocenters. The lowest BCUT2D eigenvalue weighted by atomic mass is 10.1. The van der Waals surface area contributed by atoms with Gasteiger partial charge in [-0.2, -0.15) is 0 Å². The Morgan fingerprint density at radius 2 is 2.06 bits per heavy atom. The lowest BCUT2D eigenvalue weighted by Gasteiger charge is -2.17. The van der Waals surface area contributed by atoms with Gasteiger partial charge in [0.2, 0.25) is 5.95 Å². The molecule has 18 heavy (non-hydrogen) atoms. The van der Waals surface area contributed by atoms with Crippen molar-refractivity contribution in [1.82, 2.24) is 9.97 Å². The maximum absolute atomic E-state index is 5.90. The predicted octanol–water partition coefficient (Wildman–Crippen LogP) is 1.23. The monoisotopic (exact) mass is 252 g/mol. The summed E-state index contributed by atoms with van der Waals surface area (Å²) >= 11 is 0. The number of hydrogen-bond acceptors (Lipinski definition) is 5. The van der Waals surface area contributed by atoms with Crippen molar-refractivity contribution in [2.75, 3.05) is 32.2 Å². The first-order valence-corrected chi connectivity index (χ1v) is 6.44. The smallest absolute Gasteiger partial charge is 0.224 e. The van der Waals surface area contributed by atoms with E-state index < -0.39 is 0 Å². The number of rotatable bonds is 8. The highest BCUT2D eigenvalue weighted by Crippen LogP contribution is 2.07. The van der Waals surface area contributed by atoms with Crippen LogP contribution in [0.25, 0.3) is 0 Å². The Balaban J connectivity index is 2.48. The van der Waals surface area contributed by atoms with Gasteiger partial charge < -0.3 is 15.4 Å². The second-order valence-electron chi connectivity index (χ2n) is 4.53. The molecule has 0 fully saturated rings. The van der Waals surface area contributed by atoms with E-state index in [1.54, 1.807) is 7.11 Å². The van der Waals surface area contributed by atoms with Crippen molar-refractivity contribution in [3.63, 3.8) is 0 Å². The summed E-state index contributed by atoms with van der Waals surface area (Å²) in [5, 5.41) is 0. The van der Waals surface area contributed by atoms with E-state index in [9.17, 15) is 0 Å². The fraction of sp³-hybridized carbons (Fsp3) is 0.692. The average Bonchev–Trinajstić information content (AvgIpc) is 2.39. The molecular formula is C13H24N4O. The minimum atomic E-state index is 0.193. The van der Waals surface area contributed by atoms with Crippen molar-refractivity contribution in [3.05, 3.63) is 18.0 Å². The molecule has 1 rings (SSSR count). The zero-order chi connectivity index (χ0) is 13.4. The van der Waals surface area contributed by atoms with E-state index >= 15 is 0 Å². The minimum Gasteiger partial charge on any atom is -0.385 e. The topological polar surface area (TPSA) is 64.3 Å². The van der Waals surface area contributed by atoms with E-state index in [1.807, 2.05) is 24.3 Å². The first kappa shape index (κ1) is 14.9. The van der Waals surface area contributed by atoms with Crippen LogP contribution in [-0.4, -0.2) is 43.3 Å². The molecule has 1 unspecified atom stereocenters. The van der Waals surface area contributed by atoms with Crippen molar-refractivity contribution >= 4 is 5.95 Å². The van der Waals surface area contributed by atoms with Crippen LogP contribution in [0.2, 0.25) is 0 Å². The van der Waals surface area contributed by atoms with Crippen molar-refractivity contribution in [1.29, 1.82) is 0 Å². The number of nitrogens with two attached hydrogens (primary N) is 1. The van der Waals surface area contributed by atoms with Gasteiger partial charge in [0, 0.05) is 45.7 Å². The van der Waals surface area contributed by atoms with Crippen molar-refractivity contribution < 1.29 is 4.74 Å². The highest BCUT2D eigenvalue weighted by molar-refractivity contribution is 5.28. The summed E-state index contributed by atoms with van der Waals surface area (Å²) < 4.78 is 5.02. The van der Waals surface area contributed by atoms with E-state index in [4.69, 9.17) is 10.5 Å². The molecule has 0 aliphatic carbocycles. The summed E-state index contributed by atoms with van der Waals surface area (Å²) in [5.41, 5.74) is 7.00. The molecule has 0 aromatic carbocycles. The fourth-order valence-electron chi connectivity index (χ4n) is 1.64. The van der Waals surface area contributed by atoms with Crippen LogP contribution in [0.4, 0.5) is 5.95 Å². The van der Waals surface area contributed by atoms with E-state index in [1.165, 1.54) is 0 Å². The van der Waals surface area contributed by atoms with Gasteiger partial charge in [-0.05, 0) is 24.8 Å². The van der Waals surface area contributed by atoms with Crippen LogP contribution in [0, 0.1) is 0 Å². The Morgan fingerprint density at radius 3 is 2.61 bits per heavy atom. The fourth-order valence-corrected chi connectivity index (χ4v) is 1.64. The van der Waals surface area contributed by atoms with Crippen molar-refractivity contribution in [2.45, 2.75) is 32.2 Å². The number of methoxy groups -OCH3 is 1. The third-order valence-corrected chi connectivity index (χ3v) is 2.90. The van der Waals surface area contributed by atoms with Gasteiger partial charge >= 0.3 is 0 Å². The van der Waals surface area contributed by atoms with Crippen LogP contribution in [0.5, 0.6) is 0 Å². The zero-order valence-electron chi connectivity index (χ0n) is 11.6. The average molecular weight is 252 g/mol. The summed E-state index contributed by atoms with van der Waals surface area (Å²) in [6.07, 6.45) is 6.51. The van der Waals surface area contributed by atoms with Gasteiger partial charge in [0.05, 0.1) is 0 Å².